The lowest BCUT2D eigenvalue weighted by atomic mass is 10.2. The van der Waals surface area contributed by atoms with Crippen LogP contribution < -0.4 is 4.74 Å². The van der Waals surface area contributed by atoms with E-state index < -0.39 is 10.0 Å². The number of hydrogen-bond donors (Lipinski definition) is 0. The smallest absolute Gasteiger partial charge is 0.245 e. The van der Waals surface area contributed by atoms with E-state index in [-0.39, 0.29) is 10.9 Å². The van der Waals surface area contributed by atoms with Crippen molar-refractivity contribution in [2.45, 2.75) is 30.7 Å². The molecular weight excluding hydrogens is 304 g/mol. The number of ether oxygens (including phenoxy) is 1. The molecule has 1 saturated heterocycles. The highest BCUT2D eigenvalue weighted by molar-refractivity contribution is 7.89. The lowest BCUT2D eigenvalue weighted by molar-refractivity contribution is 0.325. The molecule has 0 aliphatic carbocycles. The van der Waals surface area contributed by atoms with Crippen LogP contribution in [-0.2, 0) is 10.0 Å². The summed E-state index contributed by atoms with van der Waals surface area (Å²) >= 11 is 0. The van der Waals surface area contributed by atoms with Crippen LogP contribution in [0.5, 0.6) is 5.88 Å². The zero-order valence-corrected chi connectivity index (χ0v) is 13.1. The molecule has 22 heavy (non-hydrogen) atoms. The van der Waals surface area contributed by atoms with Crippen molar-refractivity contribution in [1.82, 2.24) is 9.29 Å². The molecule has 0 bridgehead atoms. The third-order valence-corrected chi connectivity index (χ3v) is 5.58. The number of nitrogens with zero attached hydrogens (tertiary/aromatic N) is 2. The monoisotopic (exact) mass is 322 g/mol. The van der Waals surface area contributed by atoms with Crippen LogP contribution in [0.4, 0.5) is 0 Å². The molecule has 2 aromatic rings. The first kappa shape index (κ1) is 15.1. The molecule has 2 aromatic heterocycles. The summed E-state index contributed by atoms with van der Waals surface area (Å²) in [7, 11) is -3.59. The van der Waals surface area contributed by atoms with E-state index in [1.54, 1.807) is 18.4 Å². The van der Waals surface area contributed by atoms with Gasteiger partial charge in [-0.2, -0.15) is 4.31 Å². The predicted octanol–water partition coefficient (Wildman–Crippen LogP) is 2.60. The normalized spacial score (nSPS) is 19.4. The molecule has 6 nitrogen and oxygen atoms in total. The zero-order chi connectivity index (χ0) is 15.6. The van der Waals surface area contributed by atoms with Crippen LogP contribution in [0.3, 0.4) is 0 Å². The van der Waals surface area contributed by atoms with Gasteiger partial charge in [-0.25, -0.2) is 13.4 Å². The van der Waals surface area contributed by atoms with E-state index in [2.05, 4.69) is 4.98 Å². The van der Waals surface area contributed by atoms with Gasteiger partial charge in [0.15, 0.2) is 0 Å². The first-order valence-electron chi connectivity index (χ1n) is 7.27. The Morgan fingerprint density at radius 3 is 2.91 bits per heavy atom. The standard InChI is InChI=1S/C15H18N2O4S/c1-2-20-15-8-7-12(11-16-15)22(18,19)17-9-3-5-13(17)14-6-4-10-21-14/h4,6-8,10-11,13H,2-3,5,9H2,1H3/t13-/m0/s1. The second-order valence-electron chi connectivity index (χ2n) is 5.05. The fourth-order valence-corrected chi connectivity index (χ4v) is 4.29. The third-order valence-electron chi connectivity index (χ3n) is 3.68. The molecule has 1 aliphatic heterocycles. The highest BCUT2D eigenvalue weighted by atomic mass is 32.2. The first-order chi connectivity index (χ1) is 10.6. The predicted molar refractivity (Wildman–Crippen MR) is 80.0 cm³/mol. The molecule has 0 aromatic carbocycles. The SMILES string of the molecule is CCOc1ccc(S(=O)(=O)N2CCC[C@H]2c2ccco2)cn1. The van der Waals surface area contributed by atoms with Crippen LogP contribution in [0, 0.1) is 0 Å². The van der Waals surface area contributed by atoms with Gasteiger partial charge in [0, 0.05) is 12.6 Å². The van der Waals surface area contributed by atoms with Crippen LogP contribution in [0.1, 0.15) is 31.6 Å². The van der Waals surface area contributed by atoms with Gasteiger partial charge in [-0.05, 0) is 38.0 Å². The highest BCUT2D eigenvalue weighted by Crippen LogP contribution is 2.36. The lowest BCUT2D eigenvalue weighted by Crippen LogP contribution is -2.30. The van der Waals surface area contributed by atoms with Gasteiger partial charge in [0.2, 0.25) is 15.9 Å². The molecule has 1 atom stereocenters. The number of furan rings is 1. The second-order valence-corrected chi connectivity index (χ2v) is 6.94. The van der Waals surface area contributed by atoms with E-state index in [0.717, 1.165) is 12.8 Å². The summed E-state index contributed by atoms with van der Waals surface area (Å²) < 4.78 is 37.7. The Bertz CT molecular complexity index is 711. The van der Waals surface area contributed by atoms with E-state index >= 15 is 0 Å². The van der Waals surface area contributed by atoms with Gasteiger partial charge in [-0.3, -0.25) is 0 Å². The van der Waals surface area contributed by atoms with E-state index in [1.807, 2.05) is 13.0 Å². The minimum absolute atomic E-state index is 0.175. The molecule has 1 aliphatic rings. The van der Waals surface area contributed by atoms with Crippen LogP contribution in [0.2, 0.25) is 0 Å². The van der Waals surface area contributed by atoms with Crippen molar-refractivity contribution in [1.29, 1.82) is 0 Å². The number of rotatable bonds is 5. The number of sulfonamides is 1. The highest BCUT2D eigenvalue weighted by Gasteiger charge is 2.37. The summed E-state index contributed by atoms with van der Waals surface area (Å²) in [6, 6.07) is 6.46. The van der Waals surface area contributed by atoms with Gasteiger partial charge in [0.05, 0.1) is 25.1 Å². The van der Waals surface area contributed by atoms with Crippen molar-refractivity contribution in [2.75, 3.05) is 13.2 Å². The van der Waals surface area contributed by atoms with Gasteiger partial charge >= 0.3 is 0 Å². The maximum absolute atomic E-state index is 12.8. The molecule has 0 amide bonds. The zero-order valence-electron chi connectivity index (χ0n) is 12.3. The Labute approximate surface area is 129 Å². The average Bonchev–Trinajstić information content (AvgIpc) is 3.19. The molecule has 1 fully saturated rings. The van der Waals surface area contributed by atoms with Gasteiger partial charge in [-0.15, -0.1) is 0 Å². The minimum Gasteiger partial charge on any atom is -0.478 e. The van der Waals surface area contributed by atoms with Gasteiger partial charge < -0.3 is 9.15 Å². The topological polar surface area (TPSA) is 72.6 Å². The Morgan fingerprint density at radius 1 is 1.41 bits per heavy atom. The average molecular weight is 322 g/mol. The maximum Gasteiger partial charge on any atom is 0.245 e. The van der Waals surface area contributed by atoms with Gasteiger partial charge in [0.1, 0.15) is 10.7 Å². The molecule has 3 rings (SSSR count). The quantitative estimate of drug-likeness (QED) is 0.846. The molecule has 118 valence electrons. The summed E-state index contributed by atoms with van der Waals surface area (Å²) in [4.78, 5) is 4.22. The van der Waals surface area contributed by atoms with Crippen LogP contribution in [-0.4, -0.2) is 30.9 Å². The maximum atomic E-state index is 12.8. The molecule has 0 spiro atoms. The molecule has 7 heteroatoms. The minimum atomic E-state index is -3.59. The number of hydrogen-bond acceptors (Lipinski definition) is 5. The van der Waals surface area contributed by atoms with Crippen LogP contribution >= 0.6 is 0 Å². The van der Waals surface area contributed by atoms with E-state index in [9.17, 15) is 8.42 Å². The number of aromatic nitrogens is 1. The van der Waals surface area contributed by atoms with Crippen molar-refractivity contribution in [3.63, 3.8) is 0 Å². The molecule has 0 radical (unpaired) electrons. The molecule has 3 heterocycles. The Morgan fingerprint density at radius 2 is 2.27 bits per heavy atom. The summed E-state index contributed by atoms with van der Waals surface area (Å²) in [6.07, 6.45) is 4.49. The molecule has 0 saturated carbocycles. The third kappa shape index (κ3) is 2.74. The van der Waals surface area contributed by atoms with E-state index in [0.29, 0.717) is 24.8 Å². The van der Waals surface area contributed by atoms with Gasteiger partial charge in [-0.1, -0.05) is 0 Å². The molecule has 0 unspecified atom stereocenters. The summed E-state index contributed by atoms with van der Waals surface area (Å²) in [5.74, 6) is 1.10. The van der Waals surface area contributed by atoms with Crippen molar-refractivity contribution < 1.29 is 17.6 Å². The largest absolute Gasteiger partial charge is 0.478 e. The van der Waals surface area contributed by atoms with E-state index in [4.69, 9.17) is 9.15 Å². The fourth-order valence-electron chi connectivity index (χ4n) is 2.68. The molecule has 0 N–H and O–H groups in total. The second kappa shape index (κ2) is 6.10. The Balaban J connectivity index is 1.88. The first-order valence-corrected chi connectivity index (χ1v) is 8.71. The molecular formula is C15H18N2O4S. The summed E-state index contributed by atoms with van der Waals surface area (Å²) in [5.41, 5.74) is 0. The fraction of sp³-hybridized carbons (Fsp3) is 0.400. The Hall–Kier alpha value is -1.86. The lowest BCUT2D eigenvalue weighted by Gasteiger charge is -2.22. The van der Waals surface area contributed by atoms with Crippen molar-refractivity contribution >= 4 is 10.0 Å². The number of pyridine rings is 1. The van der Waals surface area contributed by atoms with Crippen molar-refractivity contribution in [3.05, 3.63) is 42.5 Å². The van der Waals surface area contributed by atoms with Crippen LogP contribution in [0.15, 0.2) is 46.0 Å². The van der Waals surface area contributed by atoms with E-state index in [1.165, 1.54) is 16.6 Å². The van der Waals surface area contributed by atoms with Crippen molar-refractivity contribution in [2.24, 2.45) is 0 Å². The van der Waals surface area contributed by atoms with Gasteiger partial charge in [0.25, 0.3) is 0 Å². The Kier molecular flexibility index (Phi) is 4.17. The van der Waals surface area contributed by atoms with Crippen LogP contribution in [0.25, 0.3) is 0 Å². The van der Waals surface area contributed by atoms with Crippen molar-refractivity contribution in [3.8, 4) is 5.88 Å². The summed E-state index contributed by atoms with van der Waals surface area (Å²) in [6.45, 7) is 2.83. The summed E-state index contributed by atoms with van der Waals surface area (Å²) in [5, 5.41) is 0.